The number of rotatable bonds is 3. The molecule has 3 aromatic rings. The van der Waals surface area contributed by atoms with Gasteiger partial charge >= 0.3 is 0 Å². The molecule has 0 aliphatic rings. The minimum absolute atomic E-state index is 0.683. The number of methoxy groups -OCH3 is 1. The van der Waals surface area contributed by atoms with Gasteiger partial charge in [0.2, 0.25) is 0 Å². The van der Waals surface area contributed by atoms with E-state index in [9.17, 15) is 0 Å². The number of nitrogens with one attached hydrogen (secondary N) is 1. The van der Waals surface area contributed by atoms with Gasteiger partial charge in [-0.3, -0.25) is 0 Å². The van der Waals surface area contributed by atoms with Gasteiger partial charge in [-0.05, 0) is 31.2 Å². The van der Waals surface area contributed by atoms with Crippen LogP contribution in [0.15, 0.2) is 48.5 Å². The normalized spacial score (nSPS) is 10.6. The number of aryl methyl sites for hydroxylation is 1. The van der Waals surface area contributed by atoms with Gasteiger partial charge in [-0.1, -0.05) is 35.9 Å². The standard InChI is InChI=1S/C17H15ClN2O/c1-11-10-15(20-14-8-4-3-7-13(14)18)12-6-5-9-16(21-2)17(12)19-11/h3-10H,1-2H3,(H,19,20). The number of pyridine rings is 1. The molecule has 0 saturated carbocycles. The Kier molecular flexibility index (Phi) is 3.67. The predicted molar refractivity (Wildman–Crippen MR) is 87.8 cm³/mol. The SMILES string of the molecule is COc1cccc2c(Nc3ccccc3Cl)cc(C)nc12. The third-order valence-corrected chi connectivity index (χ3v) is 3.62. The van der Waals surface area contributed by atoms with E-state index in [0.29, 0.717) is 5.02 Å². The Morgan fingerprint density at radius 1 is 1.05 bits per heavy atom. The van der Waals surface area contributed by atoms with Crippen LogP contribution in [0.2, 0.25) is 5.02 Å². The zero-order valence-corrected chi connectivity index (χ0v) is 12.6. The van der Waals surface area contributed by atoms with Gasteiger partial charge < -0.3 is 10.1 Å². The molecule has 0 aliphatic heterocycles. The molecule has 106 valence electrons. The number of benzene rings is 2. The van der Waals surface area contributed by atoms with Gasteiger partial charge in [0.25, 0.3) is 0 Å². The molecule has 21 heavy (non-hydrogen) atoms. The summed E-state index contributed by atoms with van der Waals surface area (Å²) in [5.74, 6) is 0.762. The van der Waals surface area contributed by atoms with Crippen molar-refractivity contribution in [2.24, 2.45) is 0 Å². The van der Waals surface area contributed by atoms with Gasteiger partial charge in [0.1, 0.15) is 11.3 Å². The fourth-order valence-corrected chi connectivity index (χ4v) is 2.51. The lowest BCUT2D eigenvalue weighted by Crippen LogP contribution is -1.96. The summed E-state index contributed by atoms with van der Waals surface area (Å²) in [6.07, 6.45) is 0. The Morgan fingerprint density at radius 2 is 1.86 bits per heavy atom. The number of hydrogen-bond acceptors (Lipinski definition) is 3. The number of anilines is 2. The van der Waals surface area contributed by atoms with Crippen molar-refractivity contribution in [3.63, 3.8) is 0 Å². The van der Waals surface area contributed by atoms with Crippen LogP contribution in [0.4, 0.5) is 11.4 Å². The molecule has 0 unspecified atom stereocenters. The monoisotopic (exact) mass is 298 g/mol. The highest BCUT2D eigenvalue weighted by atomic mass is 35.5. The van der Waals surface area contributed by atoms with E-state index in [2.05, 4.69) is 10.3 Å². The van der Waals surface area contributed by atoms with Crippen molar-refractivity contribution in [3.8, 4) is 5.75 Å². The number of hydrogen-bond donors (Lipinski definition) is 1. The zero-order chi connectivity index (χ0) is 14.8. The van der Waals surface area contributed by atoms with Gasteiger partial charge in [0.15, 0.2) is 0 Å². The van der Waals surface area contributed by atoms with Gasteiger partial charge in [-0.25, -0.2) is 4.98 Å². The van der Waals surface area contributed by atoms with E-state index in [1.807, 2.05) is 55.5 Å². The van der Waals surface area contributed by atoms with Gasteiger partial charge in [-0.15, -0.1) is 0 Å². The van der Waals surface area contributed by atoms with E-state index in [0.717, 1.165) is 33.7 Å². The quantitative estimate of drug-likeness (QED) is 0.743. The molecule has 0 amide bonds. The van der Waals surface area contributed by atoms with Crippen molar-refractivity contribution in [2.75, 3.05) is 12.4 Å². The van der Waals surface area contributed by atoms with Crippen LogP contribution in [0.3, 0.4) is 0 Å². The van der Waals surface area contributed by atoms with Crippen molar-refractivity contribution in [1.29, 1.82) is 0 Å². The third-order valence-electron chi connectivity index (χ3n) is 3.29. The Labute approximate surface area is 128 Å². The molecule has 0 aliphatic carbocycles. The lowest BCUT2D eigenvalue weighted by Gasteiger charge is -2.13. The topological polar surface area (TPSA) is 34.1 Å². The number of halogens is 1. The molecule has 0 spiro atoms. The summed E-state index contributed by atoms with van der Waals surface area (Å²) in [6, 6.07) is 15.6. The number of aromatic nitrogens is 1. The minimum Gasteiger partial charge on any atom is -0.494 e. The van der Waals surface area contributed by atoms with Crippen molar-refractivity contribution in [3.05, 3.63) is 59.2 Å². The van der Waals surface area contributed by atoms with E-state index in [4.69, 9.17) is 16.3 Å². The summed E-state index contributed by atoms with van der Waals surface area (Å²) in [6.45, 7) is 1.96. The van der Waals surface area contributed by atoms with Crippen LogP contribution in [0.1, 0.15) is 5.69 Å². The van der Waals surface area contributed by atoms with Crippen molar-refractivity contribution in [1.82, 2.24) is 4.98 Å². The lowest BCUT2D eigenvalue weighted by molar-refractivity contribution is 0.419. The zero-order valence-electron chi connectivity index (χ0n) is 11.9. The molecule has 0 bridgehead atoms. The maximum absolute atomic E-state index is 6.22. The highest BCUT2D eigenvalue weighted by Crippen LogP contribution is 2.33. The highest BCUT2D eigenvalue weighted by Gasteiger charge is 2.09. The van der Waals surface area contributed by atoms with E-state index in [1.54, 1.807) is 7.11 Å². The number of fused-ring (bicyclic) bond motifs is 1. The van der Waals surface area contributed by atoms with Crippen LogP contribution in [0.25, 0.3) is 10.9 Å². The van der Waals surface area contributed by atoms with E-state index >= 15 is 0 Å². The molecule has 0 fully saturated rings. The molecule has 3 nitrogen and oxygen atoms in total. The first kappa shape index (κ1) is 13.7. The first-order valence-electron chi connectivity index (χ1n) is 6.65. The van der Waals surface area contributed by atoms with Crippen LogP contribution in [-0.2, 0) is 0 Å². The average Bonchev–Trinajstić information content (AvgIpc) is 2.49. The summed E-state index contributed by atoms with van der Waals surface area (Å²) in [4.78, 5) is 4.57. The third kappa shape index (κ3) is 2.65. The molecule has 0 radical (unpaired) electrons. The van der Waals surface area contributed by atoms with Crippen LogP contribution in [-0.4, -0.2) is 12.1 Å². The lowest BCUT2D eigenvalue weighted by atomic mass is 10.1. The second-order valence-corrected chi connectivity index (χ2v) is 5.18. The van der Waals surface area contributed by atoms with Gasteiger partial charge in [0, 0.05) is 16.8 Å². The maximum atomic E-state index is 6.22. The molecule has 2 aromatic carbocycles. The molecule has 0 atom stereocenters. The van der Waals surface area contributed by atoms with Crippen molar-refractivity contribution < 1.29 is 4.74 Å². The first-order chi connectivity index (χ1) is 10.2. The summed E-state index contributed by atoms with van der Waals surface area (Å²) in [5, 5.41) is 5.06. The first-order valence-corrected chi connectivity index (χ1v) is 7.03. The highest BCUT2D eigenvalue weighted by molar-refractivity contribution is 6.33. The Balaban J connectivity index is 2.16. The summed E-state index contributed by atoms with van der Waals surface area (Å²) >= 11 is 6.22. The minimum atomic E-state index is 0.683. The van der Waals surface area contributed by atoms with E-state index < -0.39 is 0 Å². The molecular formula is C17H15ClN2O. The van der Waals surface area contributed by atoms with Crippen LogP contribution in [0.5, 0.6) is 5.75 Å². The summed E-state index contributed by atoms with van der Waals surface area (Å²) in [5.41, 5.74) is 3.59. The number of ether oxygens (including phenoxy) is 1. The predicted octanol–water partition coefficient (Wildman–Crippen LogP) is 4.95. The molecule has 0 saturated heterocycles. The van der Waals surface area contributed by atoms with Crippen molar-refractivity contribution in [2.45, 2.75) is 6.92 Å². The number of para-hydroxylation sites is 2. The second-order valence-electron chi connectivity index (χ2n) is 4.77. The number of nitrogens with zero attached hydrogens (tertiary/aromatic N) is 1. The fourth-order valence-electron chi connectivity index (χ4n) is 2.33. The molecular weight excluding hydrogens is 284 g/mol. The Bertz CT molecular complexity index is 802. The molecule has 1 heterocycles. The van der Waals surface area contributed by atoms with Gasteiger partial charge in [0.05, 0.1) is 17.8 Å². The molecule has 1 aromatic heterocycles. The Morgan fingerprint density at radius 3 is 2.62 bits per heavy atom. The largest absolute Gasteiger partial charge is 0.494 e. The molecule has 4 heteroatoms. The summed E-state index contributed by atoms with van der Waals surface area (Å²) < 4.78 is 5.40. The second kappa shape index (κ2) is 5.62. The Hall–Kier alpha value is -2.26. The molecule has 1 N–H and O–H groups in total. The van der Waals surface area contributed by atoms with Crippen molar-refractivity contribution >= 4 is 33.9 Å². The van der Waals surface area contributed by atoms with Crippen LogP contribution >= 0.6 is 11.6 Å². The maximum Gasteiger partial charge on any atom is 0.145 e. The van der Waals surface area contributed by atoms with Gasteiger partial charge in [-0.2, -0.15) is 0 Å². The van der Waals surface area contributed by atoms with Crippen LogP contribution in [0, 0.1) is 6.92 Å². The van der Waals surface area contributed by atoms with E-state index in [-0.39, 0.29) is 0 Å². The fraction of sp³-hybridized carbons (Fsp3) is 0.118. The van der Waals surface area contributed by atoms with Crippen LogP contribution < -0.4 is 10.1 Å². The summed E-state index contributed by atoms with van der Waals surface area (Å²) in [7, 11) is 1.65. The smallest absolute Gasteiger partial charge is 0.145 e. The molecule has 3 rings (SSSR count). The average molecular weight is 299 g/mol. The van der Waals surface area contributed by atoms with E-state index in [1.165, 1.54) is 0 Å².